The van der Waals surface area contributed by atoms with Crippen LogP contribution in [0, 0.1) is 12.8 Å². The van der Waals surface area contributed by atoms with Crippen molar-refractivity contribution in [1.82, 2.24) is 9.55 Å². The lowest BCUT2D eigenvalue weighted by Gasteiger charge is -2.17. The maximum absolute atomic E-state index is 12.9. The molecule has 0 N–H and O–H groups in total. The van der Waals surface area contributed by atoms with Crippen LogP contribution in [0.5, 0.6) is 0 Å². The summed E-state index contributed by atoms with van der Waals surface area (Å²) in [5.41, 5.74) is 1.26. The Morgan fingerprint density at radius 2 is 2.26 bits per heavy atom. The number of rotatable bonds is 4. The van der Waals surface area contributed by atoms with Crippen molar-refractivity contribution in [3.05, 3.63) is 26.6 Å². The number of methoxy groups -OCH3 is 1. The van der Waals surface area contributed by atoms with E-state index in [-0.39, 0.29) is 11.5 Å². The zero-order valence-corrected chi connectivity index (χ0v) is 14.7. The molecule has 0 fully saturated rings. The van der Waals surface area contributed by atoms with Gasteiger partial charge in [0.25, 0.3) is 5.56 Å². The quantitative estimate of drug-likeness (QED) is 0.807. The number of aryl methyl sites for hydroxylation is 2. The van der Waals surface area contributed by atoms with Gasteiger partial charge in [-0.05, 0) is 44.1 Å². The third-order valence-corrected chi connectivity index (χ3v) is 5.74. The van der Waals surface area contributed by atoms with Gasteiger partial charge in [-0.25, -0.2) is 4.98 Å². The molecule has 124 valence electrons. The second-order valence-electron chi connectivity index (χ2n) is 6.33. The van der Waals surface area contributed by atoms with Gasteiger partial charge in [0, 0.05) is 17.8 Å². The highest BCUT2D eigenvalue weighted by Gasteiger charge is 2.23. The van der Waals surface area contributed by atoms with Gasteiger partial charge in [0.1, 0.15) is 10.7 Å². The summed E-state index contributed by atoms with van der Waals surface area (Å²) in [5.74, 6) is 1.16. The van der Waals surface area contributed by atoms with Gasteiger partial charge >= 0.3 is 5.97 Å². The highest BCUT2D eigenvalue weighted by Crippen LogP contribution is 2.35. The lowest BCUT2D eigenvalue weighted by molar-refractivity contribution is -0.140. The zero-order valence-electron chi connectivity index (χ0n) is 13.8. The average molecular weight is 334 g/mol. The number of fused-ring (bicyclic) bond motifs is 3. The van der Waals surface area contributed by atoms with Gasteiger partial charge in [-0.1, -0.05) is 6.92 Å². The summed E-state index contributed by atoms with van der Waals surface area (Å²) < 4.78 is 6.36. The molecule has 5 nitrogen and oxygen atoms in total. The highest BCUT2D eigenvalue weighted by atomic mass is 32.1. The second-order valence-corrected chi connectivity index (χ2v) is 7.41. The number of thiophene rings is 1. The van der Waals surface area contributed by atoms with Crippen LogP contribution in [-0.4, -0.2) is 22.6 Å². The first-order valence-electron chi connectivity index (χ1n) is 8.09. The Hall–Kier alpha value is -1.69. The first kappa shape index (κ1) is 16.2. The molecule has 0 saturated heterocycles. The number of ether oxygens (including phenoxy) is 1. The van der Waals surface area contributed by atoms with Crippen LogP contribution in [0.15, 0.2) is 4.79 Å². The third kappa shape index (κ3) is 3.04. The molecule has 23 heavy (non-hydrogen) atoms. The minimum Gasteiger partial charge on any atom is -0.469 e. The number of aromatic nitrogens is 2. The van der Waals surface area contributed by atoms with E-state index in [1.807, 2.05) is 6.92 Å². The molecule has 1 atom stereocenters. The summed E-state index contributed by atoms with van der Waals surface area (Å²) in [6, 6.07) is 0. The molecule has 0 aromatic carbocycles. The Kier molecular flexibility index (Phi) is 4.53. The lowest BCUT2D eigenvalue weighted by atomic mass is 9.89. The smallest absolute Gasteiger partial charge is 0.305 e. The number of carbonyl (C=O) groups is 1. The van der Waals surface area contributed by atoms with Crippen molar-refractivity contribution in [2.45, 2.75) is 52.5 Å². The first-order valence-corrected chi connectivity index (χ1v) is 8.91. The number of hydrogen-bond acceptors (Lipinski definition) is 5. The fraction of sp³-hybridized carbons (Fsp3) is 0.588. The monoisotopic (exact) mass is 334 g/mol. The normalized spacial score (nSPS) is 17.3. The maximum Gasteiger partial charge on any atom is 0.305 e. The molecule has 1 aliphatic carbocycles. The highest BCUT2D eigenvalue weighted by molar-refractivity contribution is 7.18. The lowest BCUT2D eigenvalue weighted by Crippen LogP contribution is -2.25. The summed E-state index contributed by atoms with van der Waals surface area (Å²) >= 11 is 1.67. The number of carbonyl (C=O) groups excluding carboxylic acids is 1. The van der Waals surface area contributed by atoms with Crippen LogP contribution in [0.2, 0.25) is 0 Å². The van der Waals surface area contributed by atoms with E-state index >= 15 is 0 Å². The number of nitrogens with zero attached hydrogens (tertiary/aromatic N) is 2. The summed E-state index contributed by atoms with van der Waals surface area (Å²) in [5, 5.41) is 0.806. The topological polar surface area (TPSA) is 61.2 Å². The van der Waals surface area contributed by atoms with E-state index < -0.39 is 0 Å². The van der Waals surface area contributed by atoms with Crippen molar-refractivity contribution in [1.29, 1.82) is 0 Å². The van der Waals surface area contributed by atoms with Crippen LogP contribution < -0.4 is 5.56 Å². The van der Waals surface area contributed by atoms with Gasteiger partial charge in [-0.15, -0.1) is 11.3 Å². The van der Waals surface area contributed by atoms with E-state index in [1.165, 1.54) is 17.6 Å². The van der Waals surface area contributed by atoms with Crippen molar-refractivity contribution in [2.24, 2.45) is 5.92 Å². The van der Waals surface area contributed by atoms with Crippen molar-refractivity contribution in [3.8, 4) is 0 Å². The molecule has 0 aliphatic heterocycles. The molecule has 2 heterocycles. The SMILES string of the molecule is COC(=O)CCCn1c(C)nc2sc3c(c2c1=O)CCC(C)C3. The van der Waals surface area contributed by atoms with Gasteiger partial charge in [-0.3, -0.25) is 14.2 Å². The molecule has 0 radical (unpaired) electrons. The number of esters is 1. The van der Waals surface area contributed by atoms with E-state index in [4.69, 9.17) is 0 Å². The van der Waals surface area contributed by atoms with Gasteiger partial charge in [0.2, 0.25) is 0 Å². The van der Waals surface area contributed by atoms with E-state index in [2.05, 4.69) is 16.6 Å². The Morgan fingerprint density at radius 1 is 1.48 bits per heavy atom. The molecule has 0 bridgehead atoms. The summed E-state index contributed by atoms with van der Waals surface area (Å²) in [7, 11) is 1.38. The molecule has 2 aromatic heterocycles. The third-order valence-electron chi connectivity index (χ3n) is 4.60. The molecule has 2 aromatic rings. The predicted molar refractivity (Wildman–Crippen MR) is 91.1 cm³/mol. The summed E-state index contributed by atoms with van der Waals surface area (Å²) in [6.45, 7) is 4.63. The van der Waals surface area contributed by atoms with Gasteiger partial charge < -0.3 is 4.74 Å². The van der Waals surface area contributed by atoms with Gasteiger partial charge in [-0.2, -0.15) is 0 Å². The van der Waals surface area contributed by atoms with E-state index in [1.54, 1.807) is 15.9 Å². The molecule has 6 heteroatoms. The zero-order chi connectivity index (χ0) is 16.6. The molecule has 0 amide bonds. The van der Waals surface area contributed by atoms with Crippen LogP contribution in [0.4, 0.5) is 0 Å². The largest absolute Gasteiger partial charge is 0.469 e. The molecule has 0 saturated carbocycles. The molecular formula is C17H22N2O3S. The minimum atomic E-state index is -0.244. The van der Waals surface area contributed by atoms with Crippen LogP contribution in [0.3, 0.4) is 0 Å². The Bertz CT molecular complexity index is 806. The molecular weight excluding hydrogens is 312 g/mol. The van der Waals surface area contributed by atoms with Crippen molar-refractivity contribution >= 4 is 27.5 Å². The fourth-order valence-electron chi connectivity index (χ4n) is 3.27. The molecule has 3 rings (SSSR count). The van der Waals surface area contributed by atoms with Gasteiger partial charge in [0.15, 0.2) is 0 Å². The van der Waals surface area contributed by atoms with Gasteiger partial charge in [0.05, 0.1) is 12.5 Å². The van der Waals surface area contributed by atoms with E-state index in [9.17, 15) is 9.59 Å². The number of hydrogen-bond donors (Lipinski definition) is 0. The first-order chi connectivity index (χ1) is 11.0. The molecule has 0 spiro atoms. The van der Waals surface area contributed by atoms with Crippen LogP contribution >= 0.6 is 11.3 Å². The minimum absolute atomic E-state index is 0.0458. The van der Waals surface area contributed by atoms with Crippen LogP contribution in [-0.2, 0) is 28.9 Å². The van der Waals surface area contributed by atoms with Crippen molar-refractivity contribution in [3.63, 3.8) is 0 Å². The Balaban J connectivity index is 1.96. The molecule has 1 aliphatic rings. The standard InChI is InChI=1S/C17H22N2O3S/c1-10-6-7-12-13(9-10)23-16-15(12)17(21)19(11(2)18-16)8-4-5-14(20)22-3/h10H,4-9H2,1-3H3. The summed E-state index contributed by atoms with van der Waals surface area (Å²) in [6.07, 6.45) is 4.06. The van der Waals surface area contributed by atoms with E-state index in [0.717, 1.165) is 35.3 Å². The Morgan fingerprint density at radius 3 is 3.00 bits per heavy atom. The van der Waals surface area contributed by atoms with Crippen molar-refractivity contribution in [2.75, 3.05) is 7.11 Å². The second kappa shape index (κ2) is 6.43. The Labute approximate surface area is 139 Å². The van der Waals surface area contributed by atoms with Crippen LogP contribution in [0.25, 0.3) is 10.2 Å². The van der Waals surface area contributed by atoms with Crippen LogP contribution in [0.1, 0.15) is 42.5 Å². The average Bonchev–Trinajstić information content (AvgIpc) is 2.87. The van der Waals surface area contributed by atoms with Crippen molar-refractivity contribution < 1.29 is 9.53 Å². The predicted octanol–water partition coefficient (Wildman–Crippen LogP) is 2.84. The fourth-order valence-corrected chi connectivity index (χ4v) is 4.69. The van der Waals surface area contributed by atoms with E-state index in [0.29, 0.717) is 25.3 Å². The maximum atomic E-state index is 12.9. The summed E-state index contributed by atoms with van der Waals surface area (Å²) in [4.78, 5) is 31.0. The molecule has 1 unspecified atom stereocenters.